The van der Waals surface area contributed by atoms with Crippen molar-refractivity contribution in [1.29, 1.82) is 0 Å². The number of aromatic nitrogens is 2. The molecule has 0 amide bonds. The Morgan fingerprint density at radius 1 is 1.25 bits per heavy atom. The van der Waals surface area contributed by atoms with E-state index < -0.39 is 5.60 Å². The lowest BCUT2D eigenvalue weighted by Crippen LogP contribution is -2.53. The van der Waals surface area contributed by atoms with Gasteiger partial charge in [-0.05, 0) is 38.3 Å². The molecule has 1 fully saturated rings. The highest BCUT2D eigenvalue weighted by Crippen LogP contribution is 2.34. The van der Waals surface area contributed by atoms with E-state index >= 15 is 0 Å². The molecule has 1 aliphatic carbocycles. The monoisotopic (exact) mass is 269 g/mol. The lowest BCUT2D eigenvalue weighted by Gasteiger charge is -2.43. The third-order valence-electron chi connectivity index (χ3n) is 4.08. The number of nitrogens with zero attached hydrogens (tertiary/aromatic N) is 2. The second-order valence-electron chi connectivity index (χ2n) is 5.69. The Bertz CT molecular complexity index is 610. The van der Waals surface area contributed by atoms with E-state index in [2.05, 4.69) is 27.6 Å². The minimum atomic E-state index is -0.639. The zero-order chi connectivity index (χ0) is 14.2. The normalized spacial score (nSPS) is 25.1. The average Bonchev–Trinajstić information content (AvgIpc) is 2.46. The Morgan fingerprint density at radius 3 is 2.60 bits per heavy atom. The summed E-state index contributed by atoms with van der Waals surface area (Å²) in [6.45, 7) is 3.81. The number of nitrogens with one attached hydrogen (secondary N) is 1. The zero-order valence-electron chi connectivity index (χ0n) is 11.8. The molecule has 2 aromatic rings. The van der Waals surface area contributed by atoms with Crippen LogP contribution >= 0.6 is 0 Å². The van der Waals surface area contributed by atoms with Crippen LogP contribution < -0.4 is 5.32 Å². The van der Waals surface area contributed by atoms with Gasteiger partial charge in [0.2, 0.25) is 0 Å². The number of benzene rings is 1. The molecule has 1 aliphatic rings. The summed E-state index contributed by atoms with van der Waals surface area (Å²) < 4.78 is 0. The summed E-state index contributed by atoms with van der Waals surface area (Å²) in [5.74, 6) is 0.722. The highest BCUT2D eigenvalue weighted by molar-refractivity contribution is 5.68. The predicted octanol–water partition coefficient (Wildman–Crippen LogP) is 2.78. The molecule has 2 N–H and O–H groups in total. The largest absolute Gasteiger partial charge is 0.388 e. The summed E-state index contributed by atoms with van der Waals surface area (Å²) in [4.78, 5) is 0. The molecule has 1 saturated carbocycles. The molecule has 0 bridgehead atoms. The van der Waals surface area contributed by atoms with Crippen molar-refractivity contribution >= 4 is 5.82 Å². The topological polar surface area (TPSA) is 58.0 Å². The number of rotatable bonds is 3. The molecule has 4 nitrogen and oxygen atoms in total. The van der Waals surface area contributed by atoms with Crippen molar-refractivity contribution in [2.75, 3.05) is 5.32 Å². The standard InChI is InChI=1S/C16H19N3O/c1-11-13(12-6-4-3-5-7-12)10-15(19-18-11)17-14-8-9-16(14,2)20/h3-7,10,14,20H,8-9H2,1-2H3,(H,17,19)/t14-,16-/m1/s1. The summed E-state index contributed by atoms with van der Waals surface area (Å²) in [6, 6.07) is 12.2. The van der Waals surface area contributed by atoms with Gasteiger partial charge in [0.1, 0.15) is 5.82 Å². The Balaban J connectivity index is 1.88. The van der Waals surface area contributed by atoms with Crippen LogP contribution in [0, 0.1) is 6.92 Å². The van der Waals surface area contributed by atoms with Gasteiger partial charge in [0.25, 0.3) is 0 Å². The molecule has 0 aliphatic heterocycles. The van der Waals surface area contributed by atoms with E-state index in [0.29, 0.717) is 0 Å². The SMILES string of the molecule is Cc1nnc(N[C@@H]2CC[C@@]2(C)O)cc1-c1ccccc1. The first kappa shape index (κ1) is 13.1. The maximum absolute atomic E-state index is 10.1. The molecule has 20 heavy (non-hydrogen) atoms. The average molecular weight is 269 g/mol. The Labute approximate surface area is 118 Å². The molecule has 1 aromatic carbocycles. The summed E-state index contributed by atoms with van der Waals surface area (Å²) in [7, 11) is 0. The van der Waals surface area contributed by atoms with Crippen molar-refractivity contribution in [3.63, 3.8) is 0 Å². The molecule has 1 aromatic heterocycles. The van der Waals surface area contributed by atoms with Crippen LogP contribution in [0.5, 0.6) is 0 Å². The zero-order valence-corrected chi connectivity index (χ0v) is 11.8. The number of aryl methyl sites for hydroxylation is 1. The minimum absolute atomic E-state index is 0.0585. The van der Waals surface area contributed by atoms with Gasteiger partial charge < -0.3 is 10.4 Å². The summed E-state index contributed by atoms with van der Waals surface area (Å²) >= 11 is 0. The van der Waals surface area contributed by atoms with E-state index in [1.54, 1.807) is 0 Å². The number of aliphatic hydroxyl groups is 1. The molecule has 0 unspecified atom stereocenters. The Morgan fingerprint density at radius 2 is 2.00 bits per heavy atom. The van der Waals surface area contributed by atoms with Crippen molar-refractivity contribution in [3.8, 4) is 11.1 Å². The first-order valence-corrected chi connectivity index (χ1v) is 6.95. The molecule has 0 radical (unpaired) electrons. The van der Waals surface area contributed by atoms with Crippen LogP contribution in [0.15, 0.2) is 36.4 Å². The maximum Gasteiger partial charge on any atom is 0.149 e. The van der Waals surface area contributed by atoms with Gasteiger partial charge in [-0.3, -0.25) is 0 Å². The van der Waals surface area contributed by atoms with Gasteiger partial charge in [0.15, 0.2) is 0 Å². The summed E-state index contributed by atoms with van der Waals surface area (Å²) in [5, 5.41) is 21.7. The fourth-order valence-electron chi connectivity index (χ4n) is 2.55. The summed E-state index contributed by atoms with van der Waals surface area (Å²) in [5.41, 5.74) is 2.46. The van der Waals surface area contributed by atoms with Crippen molar-refractivity contribution in [2.24, 2.45) is 0 Å². The van der Waals surface area contributed by atoms with Crippen LogP contribution in [0.1, 0.15) is 25.5 Å². The van der Waals surface area contributed by atoms with Gasteiger partial charge in [-0.15, -0.1) is 5.10 Å². The van der Waals surface area contributed by atoms with Crippen molar-refractivity contribution in [1.82, 2.24) is 10.2 Å². The fraction of sp³-hybridized carbons (Fsp3) is 0.375. The van der Waals surface area contributed by atoms with E-state index in [0.717, 1.165) is 35.5 Å². The van der Waals surface area contributed by atoms with Gasteiger partial charge in [0.05, 0.1) is 17.3 Å². The highest BCUT2D eigenvalue weighted by atomic mass is 16.3. The van der Waals surface area contributed by atoms with Gasteiger partial charge in [0, 0.05) is 5.56 Å². The summed E-state index contributed by atoms with van der Waals surface area (Å²) in [6.07, 6.45) is 1.79. The number of anilines is 1. The van der Waals surface area contributed by atoms with Crippen molar-refractivity contribution in [2.45, 2.75) is 38.3 Å². The molecule has 104 valence electrons. The van der Waals surface area contributed by atoms with Crippen LogP contribution in [0.25, 0.3) is 11.1 Å². The van der Waals surface area contributed by atoms with E-state index in [-0.39, 0.29) is 6.04 Å². The molecule has 4 heteroatoms. The van der Waals surface area contributed by atoms with Crippen LogP contribution in [0.2, 0.25) is 0 Å². The predicted molar refractivity (Wildman–Crippen MR) is 79.5 cm³/mol. The molecule has 2 atom stereocenters. The maximum atomic E-state index is 10.1. The molecule has 0 spiro atoms. The van der Waals surface area contributed by atoms with Crippen LogP contribution in [0.3, 0.4) is 0 Å². The number of hydrogen-bond acceptors (Lipinski definition) is 4. The number of hydrogen-bond donors (Lipinski definition) is 2. The minimum Gasteiger partial charge on any atom is -0.388 e. The molecule has 3 rings (SSSR count). The molecular weight excluding hydrogens is 250 g/mol. The van der Waals surface area contributed by atoms with Crippen LogP contribution in [0.4, 0.5) is 5.82 Å². The van der Waals surface area contributed by atoms with Gasteiger partial charge >= 0.3 is 0 Å². The lowest BCUT2D eigenvalue weighted by molar-refractivity contribution is -0.0287. The van der Waals surface area contributed by atoms with E-state index in [1.165, 1.54) is 0 Å². The first-order chi connectivity index (χ1) is 9.56. The Hall–Kier alpha value is -1.94. The van der Waals surface area contributed by atoms with Gasteiger partial charge in [-0.1, -0.05) is 30.3 Å². The Kier molecular flexibility index (Phi) is 3.18. The first-order valence-electron chi connectivity index (χ1n) is 6.95. The second kappa shape index (κ2) is 4.87. The van der Waals surface area contributed by atoms with E-state index in [1.807, 2.05) is 38.1 Å². The van der Waals surface area contributed by atoms with Gasteiger partial charge in [-0.25, -0.2) is 0 Å². The second-order valence-corrected chi connectivity index (χ2v) is 5.69. The smallest absolute Gasteiger partial charge is 0.149 e. The van der Waals surface area contributed by atoms with Crippen LogP contribution in [-0.2, 0) is 0 Å². The third-order valence-corrected chi connectivity index (χ3v) is 4.08. The van der Waals surface area contributed by atoms with E-state index in [9.17, 15) is 5.11 Å². The van der Waals surface area contributed by atoms with Crippen LogP contribution in [-0.4, -0.2) is 26.9 Å². The molecule has 1 heterocycles. The lowest BCUT2D eigenvalue weighted by atomic mass is 9.76. The quantitative estimate of drug-likeness (QED) is 0.899. The van der Waals surface area contributed by atoms with Gasteiger partial charge in [-0.2, -0.15) is 5.10 Å². The van der Waals surface area contributed by atoms with Crippen molar-refractivity contribution in [3.05, 3.63) is 42.1 Å². The highest BCUT2D eigenvalue weighted by Gasteiger charge is 2.41. The fourth-order valence-corrected chi connectivity index (χ4v) is 2.55. The van der Waals surface area contributed by atoms with Crippen molar-refractivity contribution < 1.29 is 5.11 Å². The molecular formula is C16H19N3O. The third kappa shape index (κ3) is 2.39. The van der Waals surface area contributed by atoms with E-state index in [4.69, 9.17) is 0 Å². The molecule has 0 saturated heterocycles.